The maximum Gasteiger partial charge on any atom is 0.244 e. The zero-order chi connectivity index (χ0) is 14.2. The molecule has 0 radical (unpaired) electrons. The van der Waals surface area contributed by atoms with Crippen LogP contribution in [-0.2, 0) is 16.6 Å². The fourth-order valence-corrected chi connectivity index (χ4v) is 5.35. The second-order valence-electron chi connectivity index (χ2n) is 5.45. The van der Waals surface area contributed by atoms with E-state index >= 15 is 0 Å². The van der Waals surface area contributed by atoms with Crippen molar-refractivity contribution < 1.29 is 8.42 Å². The standard InChI is InChI=1S/C13H22N2O2S2/c1-9(2)15(8-11-4-5-11)19(16,17)13-6-12(7-14)18-10(13)3/h6,9,11H,4-5,7-8,14H2,1-3H3. The minimum atomic E-state index is -3.39. The van der Waals surface area contributed by atoms with Crippen LogP contribution in [0, 0.1) is 12.8 Å². The Hall–Kier alpha value is -0.430. The largest absolute Gasteiger partial charge is 0.326 e. The smallest absolute Gasteiger partial charge is 0.244 e. The van der Waals surface area contributed by atoms with Gasteiger partial charge in [-0.25, -0.2) is 8.42 Å². The number of thiophene rings is 1. The average molecular weight is 302 g/mol. The first-order valence-corrected chi connectivity index (χ1v) is 8.93. The molecule has 1 aromatic heterocycles. The summed E-state index contributed by atoms with van der Waals surface area (Å²) in [5.41, 5.74) is 5.60. The van der Waals surface area contributed by atoms with Gasteiger partial charge in [0.15, 0.2) is 0 Å². The summed E-state index contributed by atoms with van der Waals surface area (Å²) in [5, 5.41) is 0. The number of aryl methyl sites for hydroxylation is 1. The zero-order valence-electron chi connectivity index (χ0n) is 11.7. The molecular formula is C13H22N2O2S2. The molecule has 0 aliphatic heterocycles. The third-order valence-electron chi connectivity index (χ3n) is 3.42. The van der Waals surface area contributed by atoms with E-state index in [0.717, 1.165) is 22.6 Å². The molecule has 0 bridgehead atoms. The van der Waals surface area contributed by atoms with Gasteiger partial charge in [0.05, 0.1) is 4.90 Å². The molecule has 0 atom stereocenters. The van der Waals surface area contributed by atoms with Gasteiger partial charge in [0.1, 0.15) is 0 Å². The monoisotopic (exact) mass is 302 g/mol. The maximum absolute atomic E-state index is 12.8. The summed E-state index contributed by atoms with van der Waals surface area (Å²) in [6, 6.07) is 1.73. The molecule has 0 unspecified atom stereocenters. The van der Waals surface area contributed by atoms with Crippen molar-refractivity contribution in [2.45, 2.75) is 51.1 Å². The summed E-state index contributed by atoms with van der Waals surface area (Å²) in [4.78, 5) is 2.19. The van der Waals surface area contributed by atoms with Gasteiger partial charge in [-0.15, -0.1) is 11.3 Å². The molecule has 0 spiro atoms. The third kappa shape index (κ3) is 3.18. The molecule has 1 aliphatic carbocycles. The Labute approximate surface area is 119 Å². The molecule has 0 saturated heterocycles. The van der Waals surface area contributed by atoms with E-state index in [1.807, 2.05) is 20.8 Å². The average Bonchev–Trinajstić information content (AvgIpc) is 3.07. The van der Waals surface area contributed by atoms with E-state index < -0.39 is 10.0 Å². The van der Waals surface area contributed by atoms with E-state index in [1.165, 1.54) is 11.3 Å². The molecule has 2 N–H and O–H groups in total. The summed E-state index contributed by atoms with van der Waals surface area (Å²) >= 11 is 1.47. The molecule has 4 nitrogen and oxygen atoms in total. The fourth-order valence-electron chi connectivity index (χ4n) is 2.15. The number of nitrogens with zero attached hydrogens (tertiary/aromatic N) is 1. The van der Waals surface area contributed by atoms with Gasteiger partial charge in [0.25, 0.3) is 0 Å². The first-order valence-electron chi connectivity index (χ1n) is 6.67. The SMILES string of the molecule is Cc1sc(CN)cc1S(=O)(=O)N(CC1CC1)C(C)C. The summed E-state index contributed by atoms with van der Waals surface area (Å²) in [7, 11) is -3.39. The van der Waals surface area contributed by atoms with Crippen LogP contribution in [0.5, 0.6) is 0 Å². The van der Waals surface area contributed by atoms with Gasteiger partial charge in [0.2, 0.25) is 10.0 Å². The molecule has 1 heterocycles. The quantitative estimate of drug-likeness (QED) is 0.877. The number of nitrogens with two attached hydrogens (primary N) is 1. The molecule has 6 heteroatoms. The molecule has 1 fully saturated rings. The van der Waals surface area contributed by atoms with E-state index in [9.17, 15) is 8.42 Å². The molecule has 108 valence electrons. The first-order chi connectivity index (χ1) is 8.86. The van der Waals surface area contributed by atoms with Crippen LogP contribution in [0.4, 0.5) is 0 Å². The van der Waals surface area contributed by atoms with Crippen LogP contribution < -0.4 is 5.73 Å². The fraction of sp³-hybridized carbons (Fsp3) is 0.692. The van der Waals surface area contributed by atoms with Crippen LogP contribution in [0.2, 0.25) is 0 Å². The normalized spacial score (nSPS) is 16.5. The second kappa shape index (κ2) is 5.52. The lowest BCUT2D eigenvalue weighted by Crippen LogP contribution is -2.38. The van der Waals surface area contributed by atoms with Crippen molar-refractivity contribution in [2.75, 3.05) is 6.54 Å². The van der Waals surface area contributed by atoms with Crippen LogP contribution in [0.15, 0.2) is 11.0 Å². The van der Waals surface area contributed by atoms with Crippen LogP contribution in [0.25, 0.3) is 0 Å². The maximum atomic E-state index is 12.8. The van der Waals surface area contributed by atoms with E-state index in [1.54, 1.807) is 10.4 Å². The Morgan fingerprint density at radius 1 is 1.47 bits per heavy atom. The molecule has 0 aromatic carbocycles. The van der Waals surface area contributed by atoms with Gasteiger partial charge in [-0.1, -0.05) is 0 Å². The van der Waals surface area contributed by atoms with Crippen molar-refractivity contribution in [1.82, 2.24) is 4.31 Å². The van der Waals surface area contributed by atoms with E-state index in [2.05, 4.69) is 0 Å². The molecule has 0 amide bonds. The van der Waals surface area contributed by atoms with Crippen LogP contribution in [0.1, 0.15) is 36.4 Å². The van der Waals surface area contributed by atoms with Crippen molar-refractivity contribution >= 4 is 21.4 Å². The van der Waals surface area contributed by atoms with Crippen LogP contribution >= 0.6 is 11.3 Å². The van der Waals surface area contributed by atoms with Crippen molar-refractivity contribution in [3.05, 3.63) is 15.8 Å². The Morgan fingerprint density at radius 2 is 2.11 bits per heavy atom. The van der Waals surface area contributed by atoms with Gasteiger partial charge < -0.3 is 5.73 Å². The highest BCUT2D eigenvalue weighted by Crippen LogP contribution is 2.34. The lowest BCUT2D eigenvalue weighted by molar-refractivity contribution is 0.341. The summed E-state index contributed by atoms with van der Waals surface area (Å²) < 4.78 is 27.2. The lowest BCUT2D eigenvalue weighted by atomic mass is 10.3. The number of hydrogen-bond acceptors (Lipinski definition) is 4. The Bertz CT molecular complexity index is 545. The number of hydrogen-bond donors (Lipinski definition) is 1. The van der Waals surface area contributed by atoms with Crippen molar-refractivity contribution in [2.24, 2.45) is 11.7 Å². The predicted molar refractivity (Wildman–Crippen MR) is 78.7 cm³/mol. The molecule has 1 aliphatic rings. The molecule has 1 saturated carbocycles. The minimum absolute atomic E-state index is 0.00812. The first kappa shape index (κ1) is 15.0. The minimum Gasteiger partial charge on any atom is -0.326 e. The molecule has 19 heavy (non-hydrogen) atoms. The van der Waals surface area contributed by atoms with Gasteiger partial charge in [-0.05, 0) is 45.6 Å². The highest BCUT2D eigenvalue weighted by Gasteiger charge is 2.34. The Kier molecular flexibility index (Phi) is 4.35. The highest BCUT2D eigenvalue weighted by atomic mass is 32.2. The topological polar surface area (TPSA) is 63.4 Å². The summed E-state index contributed by atoms with van der Waals surface area (Å²) in [6.45, 7) is 6.77. The molecular weight excluding hydrogens is 280 g/mol. The number of rotatable bonds is 6. The van der Waals surface area contributed by atoms with E-state index in [0.29, 0.717) is 23.9 Å². The molecule has 2 rings (SSSR count). The molecule has 1 aromatic rings. The van der Waals surface area contributed by atoms with E-state index in [4.69, 9.17) is 5.73 Å². The van der Waals surface area contributed by atoms with Gasteiger partial charge in [-0.3, -0.25) is 0 Å². The summed E-state index contributed by atoms with van der Waals surface area (Å²) in [5.74, 6) is 0.546. The van der Waals surface area contributed by atoms with Crippen LogP contribution in [-0.4, -0.2) is 25.3 Å². The highest BCUT2D eigenvalue weighted by molar-refractivity contribution is 7.89. The van der Waals surface area contributed by atoms with E-state index in [-0.39, 0.29) is 6.04 Å². The third-order valence-corrected chi connectivity index (χ3v) is 6.79. The van der Waals surface area contributed by atoms with Crippen LogP contribution in [0.3, 0.4) is 0 Å². The Morgan fingerprint density at radius 3 is 2.53 bits per heavy atom. The second-order valence-corrected chi connectivity index (χ2v) is 8.65. The Balaban J connectivity index is 2.34. The van der Waals surface area contributed by atoms with Gasteiger partial charge in [0, 0.05) is 28.9 Å². The van der Waals surface area contributed by atoms with Crippen molar-refractivity contribution in [1.29, 1.82) is 0 Å². The lowest BCUT2D eigenvalue weighted by Gasteiger charge is -2.25. The van der Waals surface area contributed by atoms with Gasteiger partial charge >= 0.3 is 0 Å². The predicted octanol–water partition coefficient (Wildman–Crippen LogP) is 2.32. The zero-order valence-corrected chi connectivity index (χ0v) is 13.4. The van der Waals surface area contributed by atoms with Crippen molar-refractivity contribution in [3.8, 4) is 0 Å². The van der Waals surface area contributed by atoms with Crippen molar-refractivity contribution in [3.63, 3.8) is 0 Å². The van der Waals surface area contributed by atoms with Gasteiger partial charge in [-0.2, -0.15) is 4.31 Å². The summed E-state index contributed by atoms with van der Waals surface area (Å²) in [6.07, 6.45) is 2.30. The number of sulfonamides is 1.